The van der Waals surface area contributed by atoms with E-state index in [0.29, 0.717) is 6.04 Å². The van der Waals surface area contributed by atoms with Gasteiger partial charge in [-0.15, -0.1) is 0 Å². The third kappa shape index (κ3) is 3.99. The first-order valence-electron chi connectivity index (χ1n) is 8.88. The molecule has 0 spiro atoms. The molecule has 1 aliphatic rings. The second-order valence-electron chi connectivity index (χ2n) is 6.81. The zero-order chi connectivity index (χ0) is 16.9. The Labute approximate surface area is 144 Å². The van der Waals surface area contributed by atoms with E-state index in [1.807, 2.05) is 18.5 Å². The zero-order valence-corrected chi connectivity index (χ0v) is 15.0. The minimum Gasteiger partial charge on any atom is -0.334 e. The summed E-state index contributed by atoms with van der Waals surface area (Å²) in [6.07, 6.45) is 9.33. The van der Waals surface area contributed by atoms with Crippen LogP contribution >= 0.6 is 0 Å². The topological polar surface area (TPSA) is 50.1 Å². The number of imidazole rings is 1. The Kier molecular flexibility index (Phi) is 5.58. The number of hydrogen-bond donors (Lipinski definition) is 0. The lowest BCUT2D eigenvalue weighted by Gasteiger charge is -2.23. The fraction of sp³-hybridized carbons (Fsp3) is 0.611. The van der Waals surface area contributed by atoms with Crippen LogP contribution in [0, 0.1) is 0 Å². The number of nitrogens with zero attached hydrogens (tertiary/aromatic N) is 6. The van der Waals surface area contributed by atoms with Gasteiger partial charge in [-0.3, -0.25) is 4.90 Å². The SMILES string of the molecule is CCCn1ccnc1CN1CCCC1c1nccc(CN(C)C)n1. The highest BCUT2D eigenvalue weighted by Crippen LogP contribution is 2.31. The van der Waals surface area contributed by atoms with Crippen molar-refractivity contribution < 1.29 is 0 Å². The van der Waals surface area contributed by atoms with E-state index in [-0.39, 0.29) is 0 Å². The van der Waals surface area contributed by atoms with Gasteiger partial charge in [0.15, 0.2) is 0 Å². The lowest BCUT2D eigenvalue weighted by molar-refractivity contribution is 0.229. The molecule has 3 heterocycles. The number of likely N-dealkylation sites (tertiary alicyclic amines) is 1. The van der Waals surface area contributed by atoms with Gasteiger partial charge >= 0.3 is 0 Å². The zero-order valence-electron chi connectivity index (χ0n) is 15.0. The normalized spacial score (nSPS) is 18.6. The monoisotopic (exact) mass is 328 g/mol. The average molecular weight is 328 g/mol. The largest absolute Gasteiger partial charge is 0.334 e. The van der Waals surface area contributed by atoms with Gasteiger partial charge in [-0.2, -0.15) is 0 Å². The van der Waals surface area contributed by atoms with Crippen molar-refractivity contribution in [3.63, 3.8) is 0 Å². The van der Waals surface area contributed by atoms with E-state index in [1.165, 1.54) is 6.42 Å². The summed E-state index contributed by atoms with van der Waals surface area (Å²) in [7, 11) is 4.13. The summed E-state index contributed by atoms with van der Waals surface area (Å²) in [5.41, 5.74) is 1.09. The van der Waals surface area contributed by atoms with Crippen molar-refractivity contribution >= 4 is 0 Å². The van der Waals surface area contributed by atoms with E-state index < -0.39 is 0 Å². The molecule has 24 heavy (non-hydrogen) atoms. The minimum atomic E-state index is 0.305. The van der Waals surface area contributed by atoms with Crippen LogP contribution in [0.5, 0.6) is 0 Å². The fourth-order valence-electron chi connectivity index (χ4n) is 3.41. The van der Waals surface area contributed by atoms with Crippen molar-refractivity contribution in [1.82, 2.24) is 29.3 Å². The third-order valence-corrected chi connectivity index (χ3v) is 4.48. The molecule has 130 valence electrons. The Hall–Kier alpha value is -1.79. The van der Waals surface area contributed by atoms with E-state index in [9.17, 15) is 0 Å². The third-order valence-electron chi connectivity index (χ3n) is 4.48. The van der Waals surface area contributed by atoms with Gasteiger partial charge in [0.2, 0.25) is 0 Å². The molecular weight excluding hydrogens is 300 g/mol. The molecule has 1 atom stereocenters. The number of aryl methyl sites for hydroxylation is 1. The molecule has 2 aromatic heterocycles. The van der Waals surface area contributed by atoms with Crippen LogP contribution in [0.4, 0.5) is 0 Å². The maximum absolute atomic E-state index is 4.81. The van der Waals surface area contributed by atoms with Crippen LogP contribution in [0.2, 0.25) is 0 Å². The molecule has 3 rings (SSSR count). The Morgan fingerprint density at radius 3 is 2.92 bits per heavy atom. The minimum absolute atomic E-state index is 0.305. The second kappa shape index (κ2) is 7.85. The summed E-state index contributed by atoms with van der Waals surface area (Å²) < 4.78 is 2.26. The fourth-order valence-corrected chi connectivity index (χ4v) is 3.41. The van der Waals surface area contributed by atoms with Crippen LogP contribution in [0.15, 0.2) is 24.7 Å². The second-order valence-corrected chi connectivity index (χ2v) is 6.81. The molecule has 6 nitrogen and oxygen atoms in total. The van der Waals surface area contributed by atoms with Crippen molar-refractivity contribution in [3.05, 3.63) is 42.0 Å². The first kappa shape index (κ1) is 17.0. The highest BCUT2D eigenvalue weighted by molar-refractivity contribution is 5.07. The lowest BCUT2D eigenvalue weighted by atomic mass is 10.2. The molecule has 0 N–H and O–H groups in total. The van der Waals surface area contributed by atoms with Crippen molar-refractivity contribution in [1.29, 1.82) is 0 Å². The average Bonchev–Trinajstić information content (AvgIpc) is 3.18. The Bertz CT molecular complexity index is 650. The van der Waals surface area contributed by atoms with Crippen molar-refractivity contribution in [2.24, 2.45) is 0 Å². The summed E-state index contributed by atoms with van der Waals surface area (Å²) >= 11 is 0. The van der Waals surface area contributed by atoms with E-state index >= 15 is 0 Å². The van der Waals surface area contributed by atoms with E-state index in [2.05, 4.69) is 51.6 Å². The van der Waals surface area contributed by atoms with Gasteiger partial charge in [0.25, 0.3) is 0 Å². The molecule has 2 aromatic rings. The molecular formula is C18H28N6. The molecule has 1 unspecified atom stereocenters. The number of aromatic nitrogens is 4. The van der Waals surface area contributed by atoms with Gasteiger partial charge in [0.1, 0.15) is 11.6 Å². The van der Waals surface area contributed by atoms with E-state index in [4.69, 9.17) is 4.98 Å². The molecule has 0 radical (unpaired) electrons. The smallest absolute Gasteiger partial charge is 0.145 e. The lowest BCUT2D eigenvalue weighted by Crippen LogP contribution is -2.26. The quantitative estimate of drug-likeness (QED) is 0.781. The molecule has 0 bridgehead atoms. The molecule has 0 saturated carbocycles. The summed E-state index contributed by atoms with van der Waals surface area (Å²) in [6, 6.07) is 2.32. The summed E-state index contributed by atoms with van der Waals surface area (Å²) in [5, 5.41) is 0. The maximum atomic E-state index is 4.81. The van der Waals surface area contributed by atoms with E-state index in [1.54, 1.807) is 0 Å². The van der Waals surface area contributed by atoms with Crippen LogP contribution < -0.4 is 0 Å². The maximum Gasteiger partial charge on any atom is 0.145 e. The first-order chi connectivity index (χ1) is 11.7. The Morgan fingerprint density at radius 1 is 1.25 bits per heavy atom. The Morgan fingerprint density at radius 2 is 2.12 bits per heavy atom. The van der Waals surface area contributed by atoms with Crippen LogP contribution in [-0.2, 0) is 19.6 Å². The molecule has 0 aliphatic carbocycles. The van der Waals surface area contributed by atoms with Crippen molar-refractivity contribution in [2.75, 3.05) is 20.6 Å². The van der Waals surface area contributed by atoms with Crippen LogP contribution in [-0.4, -0.2) is 50.0 Å². The molecule has 6 heteroatoms. The highest BCUT2D eigenvalue weighted by Gasteiger charge is 2.29. The van der Waals surface area contributed by atoms with Crippen LogP contribution in [0.1, 0.15) is 49.6 Å². The van der Waals surface area contributed by atoms with Crippen LogP contribution in [0.3, 0.4) is 0 Å². The number of rotatable bonds is 7. The molecule has 0 aromatic carbocycles. The standard InChI is InChI=1S/C18H28N6/c1-4-10-23-12-9-19-17(23)14-24-11-5-6-16(24)18-20-8-7-15(21-18)13-22(2)3/h7-9,12,16H,4-6,10-11,13-14H2,1-3H3. The van der Waals surface area contributed by atoms with Gasteiger partial charge < -0.3 is 9.47 Å². The van der Waals surface area contributed by atoms with Gasteiger partial charge in [-0.1, -0.05) is 6.92 Å². The predicted octanol–water partition coefficient (Wildman–Crippen LogP) is 2.48. The molecule has 1 saturated heterocycles. The van der Waals surface area contributed by atoms with Gasteiger partial charge in [0.05, 0.1) is 18.3 Å². The predicted molar refractivity (Wildman–Crippen MR) is 94.3 cm³/mol. The van der Waals surface area contributed by atoms with Crippen molar-refractivity contribution in [2.45, 2.75) is 51.9 Å². The number of hydrogen-bond acceptors (Lipinski definition) is 5. The van der Waals surface area contributed by atoms with E-state index in [0.717, 1.165) is 56.4 Å². The molecule has 1 aliphatic heterocycles. The van der Waals surface area contributed by atoms with Gasteiger partial charge in [0, 0.05) is 31.7 Å². The summed E-state index contributed by atoms with van der Waals surface area (Å²) in [6.45, 7) is 6.04. The summed E-state index contributed by atoms with van der Waals surface area (Å²) in [5.74, 6) is 2.11. The first-order valence-corrected chi connectivity index (χ1v) is 8.88. The highest BCUT2D eigenvalue weighted by atomic mass is 15.2. The van der Waals surface area contributed by atoms with Gasteiger partial charge in [-0.05, 0) is 46.0 Å². The van der Waals surface area contributed by atoms with Gasteiger partial charge in [-0.25, -0.2) is 15.0 Å². The molecule has 0 amide bonds. The summed E-state index contributed by atoms with van der Waals surface area (Å²) in [4.78, 5) is 18.6. The Balaban J connectivity index is 1.74. The van der Waals surface area contributed by atoms with Crippen LogP contribution in [0.25, 0.3) is 0 Å². The molecule has 1 fully saturated rings. The van der Waals surface area contributed by atoms with Crippen molar-refractivity contribution in [3.8, 4) is 0 Å².